The first-order chi connectivity index (χ1) is 12.8. The van der Waals surface area contributed by atoms with Gasteiger partial charge in [0.1, 0.15) is 5.82 Å². The molecule has 0 aromatic heterocycles. The van der Waals surface area contributed by atoms with Crippen molar-refractivity contribution < 1.29 is 12.8 Å². The summed E-state index contributed by atoms with van der Waals surface area (Å²) in [6.07, 6.45) is 5.37. The molecule has 2 aromatic carbocycles. The van der Waals surface area contributed by atoms with Gasteiger partial charge < -0.3 is 0 Å². The molecular formula is C22H22FNO2S. The van der Waals surface area contributed by atoms with Crippen LogP contribution in [0.3, 0.4) is 0 Å². The van der Waals surface area contributed by atoms with E-state index in [9.17, 15) is 12.8 Å². The third-order valence-electron chi connectivity index (χ3n) is 5.64. The van der Waals surface area contributed by atoms with Gasteiger partial charge in [-0.25, -0.2) is 12.8 Å². The first-order valence-electron chi connectivity index (χ1n) is 9.19. The molecule has 1 saturated carbocycles. The Kier molecular flexibility index (Phi) is 4.27. The lowest BCUT2D eigenvalue weighted by atomic mass is 9.88. The van der Waals surface area contributed by atoms with Crippen molar-refractivity contribution in [3.8, 4) is 11.8 Å². The SMILES string of the molecule is Cc1cc2c(cc1C#Cc1ccc(F)cc1)C1(CCCN2S(C)(=O)=O)CC1. The molecule has 0 atom stereocenters. The molecule has 2 aromatic rings. The maximum Gasteiger partial charge on any atom is 0.232 e. The molecule has 1 fully saturated rings. The summed E-state index contributed by atoms with van der Waals surface area (Å²) in [4.78, 5) is 0. The Balaban J connectivity index is 1.81. The van der Waals surface area contributed by atoms with Crippen LogP contribution in [0.4, 0.5) is 10.1 Å². The summed E-state index contributed by atoms with van der Waals surface area (Å²) < 4.78 is 39.3. The van der Waals surface area contributed by atoms with Crippen molar-refractivity contribution in [3.05, 3.63) is 64.5 Å². The molecule has 2 aliphatic rings. The lowest BCUT2D eigenvalue weighted by Crippen LogP contribution is -2.30. The Bertz CT molecular complexity index is 1060. The zero-order valence-electron chi connectivity index (χ0n) is 15.5. The van der Waals surface area contributed by atoms with Gasteiger partial charge in [-0.3, -0.25) is 4.31 Å². The van der Waals surface area contributed by atoms with Crippen LogP contribution in [0.5, 0.6) is 0 Å². The largest absolute Gasteiger partial charge is 0.270 e. The highest BCUT2D eigenvalue weighted by molar-refractivity contribution is 7.92. The predicted molar refractivity (Wildman–Crippen MR) is 106 cm³/mol. The van der Waals surface area contributed by atoms with E-state index in [1.807, 2.05) is 13.0 Å². The van der Waals surface area contributed by atoms with E-state index in [4.69, 9.17) is 0 Å². The zero-order valence-corrected chi connectivity index (χ0v) is 16.4. The zero-order chi connectivity index (χ0) is 19.2. The topological polar surface area (TPSA) is 37.4 Å². The van der Waals surface area contributed by atoms with Crippen LogP contribution in [0.15, 0.2) is 36.4 Å². The lowest BCUT2D eigenvalue weighted by Gasteiger charge is -2.25. The first kappa shape index (κ1) is 18.1. The highest BCUT2D eigenvalue weighted by Crippen LogP contribution is 2.56. The lowest BCUT2D eigenvalue weighted by molar-refractivity contribution is 0.587. The van der Waals surface area contributed by atoms with Crippen LogP contribution in [0.1, 0.15) is 47.9 Å². The molecule has 1 spiro atoms. The third kappa shape index (κ3) is 3.46. The van der Waals surface area contributed by atoms with Gasteiger partial charge in [-0.15, -0.1) is 0 Å². The summed E-state index contributed by atoms with van der Waals surface area (Å²) >= 11 is 0. The van der Waals surface area contributed by atoms with E-state index >= 15 is 0 Å². The van der Waals surface area contributed by atoms with Gasteiger partial charge in [0.05, 0.1) is 11.9 Å². The van der Waals surface area contributed by atoms with E-state index < -0.39 is 10.0 Å². The molecule has 0 unspecified atom stereocenters. The predicted octanol–water partition coefficient (Wildman–Crippen LogP) is 4.13. The fraction of sp³-hybridized carbons (Fsp3) is 0.364. The second kappa shape index (κ2) is 6.38. The maximum atomic E-state index is 13.1. The van der Waals surface area contributed by atoms with Crippen molar-refractivity contribution in [2.75, 3.05) is 17.1 Å². The van der Waals surface area contributed by atoms with E-state index in [1.165, 1.54) is 18.4 Å². The van der Waals surface area contributed by atoms with Crippen LogP contribution >= 0.6 is 0 Å². The molecule has 0 radical (unpaired) electrons. The van der Waals surface area contributed by atoms with Gasteiger partial charge in [-0.1, -0.05) is 11.8 Å². The highest BCUT2D eigenvalue weighted by Gasteiger charge is 2.47. The number of aryl methyl sites for hydroxylation is 1. The van der Waals surface area contributed by atoms with Crippen LogP contribution < -0.4 is 4.31 Å². The van der Waals surface area contributed by atoms with E-state index in [-0.39, 0.29) is 11.2 Å². The molecule has 140 valence electrons. The molecule has 0 N–H and O–H groups in total. The van der Waals surface area contributed by atoms with E-state index in [1.54, 1.807) is 16.4 Å². The smallest absolute Gasteiger partial charge is 0.232 e. The molecule has 4 rings (SSSR count). The minimum absolute atomic E-state index is 0.106. The van der Waals surface area contributed by atoms with Crippen molar-refractivity contribution in [2.24, 2.45) is 0 Å². The molecule has 0 bridgehead atoms. The summed E-state index contributed by atoms with van der Waals surface area (Å²) in [7, 11) is -3.31. The summed E-state index contributed by atoms with van der Waals surface area (Å²) in [6, 6.07) is 10.2. The molecule has 27 heavy (non-hydrogen) atoms. The van der Waals surface area contributed by atoms with Crippen molar-refractivity contribution in [2.45, 2.75) is 38.0 Å². The van der Waals surface area contributed by atoms with Crippen molar-refractivity contribution in [3.63, 3.8) is 0 Å². The number of anilines is 1. The van der Waals surface area contributed by atoms with Crippen molar-refractivity contribution >= 4 is 15.7 Å². The average molecular weight is 383 g/mol. The fourth-order valence-electron chi connectivity index (χ4n) is 3.96. The fourth-order valence-corrected chi connectivity index (χ4v) is 4.93. The van der Waals surface area contributed by atoms with Crippen LogP contribution in [0.2, 0.25) is 0 Å². The molecule has 0 saturated heterocycles. The van der Waals surface area contributed by atoms with Gasteiger partial charge in [0.25, 0.3) is 0 Å². The quantitative estimate of drug-likeness (QED) is 0.695. The normalized spacial score (nSPS) is 17.7. The molecule has 0 amide bonds. The molecule has 1 aliphatic heterocycles. The van der Waals surface area contributed by atoms with E-state index in [0.29, 0.717) is 6.54 Å². The Morgan fingerprint density at radius 2 is 1.78 bits per heavy atom. The van der Waals surface area contributed by atoms with Gasteiger partial charge in [0.15, 0.2) is 0 Å². The Morgan fingerprint density at radius 3 is 2.41 bits per heavy atom. The molecule has 3 nitrogen and oxygen atoms in total. The summed E-state index contributed by atoms with van der Waals surface area (Å²) in [5, 5.41) is 0. The number of fused-ring (bicyclic) bond motifs is 2. The van der Waals surface area contributed by atoms with Crippen LogP contribution in [0, 0.1) is 24.6 Å². The third-order valence-corrected chi connectivity index (χ3v) is 6.82. The minimum Gasteiger partial charge on any atom is -0.270 e. The van der Waals surface area contributed by atoms with Crippen molar-refractivity contribution in [1.82, 2.24) is 0 Å². The average Bonchev–Trinajstić information content (AvgIpc) is 3.40. The number of benzene rings is 2. The summed E-state index contributed by atoms with van der Waals surface area (Å²) in [5.41, 5.74) is 4.64. The number of nitrogens with zero attached hydrogens (tertiary/aromatic N) is 1. The second-order valence-corrected chi connectivity index (χ2v) is 9.57. The van der Waals surface area contributed by atoms with E-state index in [2.05, 4.69) is 17.9 Å². The molecule has 1 aliphatic carbocycles. The van der Waals surface area contributed by atoms with Crippen LogP contribution in [-0.2, 0) is 15.4 Å². The first-order valence-corrected chi connectivity index (χ1v) is 11.0. The van der Waals surface area contributed by atoms with Gasteiger partial charge in [-0.2, -0.15) is 0 Å². The van der Waals surface area contributed by atoms with Crippen LogP contribution in [0.25, 0.3) is 0 Å². The van der Waals surface area contributed by atoms with Gasteiger partial charge in [-0.05, 0) is 85.5 Å². The van der Waals surface area contributed by atoms with Gasteiger partial charge in [0.2, 0.25) is 10.0 Å². The summed E-state index contributed by atoms with van der Waals surface area (Å²) in [6.45, 7) is 2.49. The van der Waals surface area contributed by atoms with Gasteiger partial charge in [0, 0.05) is 17.7 Å². The summed E-state index contributed by atoms with van der Waals surface area (Å²) in [5.74, 6) is 6.01. The molecular weight excluding hydrogens is 361 g/mol. The monoisotopic (exact) mass is 383 g/mol. The molecule has 1 heterocycles. The minimum atomic E-state index is -3.31. The van der Waals surface area contributed by atoms with E-state index in [0.717, 1.165) is 53.6 Å². The maximum absolute atomic E-state index is 13.1. The second-order valence-electron chi connectivity index (χ2n) is 7.66. The highest BCUT2D eigenvalue weighted by atomic mass is 32.2. The number of sulfonamides is 1. The standard InChI is InChI=1S/C22H22FNO2S/c1-16-14-21-20(15-18(16)7-4-17-5-8-19(23)9-6-17)22(11-12-22)10-3-13-24(21)27(2,25)26/h5-6,8-9,14-15H,3,10-13H2,1-2H3. The number of halogens is 1. The van der Waals surface area contributed by atoms with Gasteiger partial charge >= 0.3 is 0 Å². The Labute approximate surface area is 160 Å². The van der Waals surface area contributed by atoms with Crippen LogP contribution in [-0.4, -0.2) is 21.2 Å². The number of rotatable bonds is 1. The van der Waals surface area contributed by atoms with Crippen molar-refractivity contribution in [1.29, 1.82) is 0 Å². The number of hydrogen-bond donors (Lipinski definition) is 0. The Morgan fingerprint density at radius 1 is 1.07 bits per heavy atom. The molecule has 5 heteroatoms. The Hall–Kier alpha value is -2.32. The number of hydrogen-bond acceptors (Lipinski definition) is 2.